The molecule has 4 heteroatoms. The Labute approximate surface area is 116 Å². The summed E-state index contributed by atoms with van der Waals surface area (Å²) in [4.78, 5) is 0. The largest absolute Gasteiger partial charge is 0.456 e. The molecule has 2 aromatic carbocycles. The molecule has 0 bridgehead atoms. The molecule has 100 valence electrons. The Morgan fingerprint density at radius 1 is 1.25 bits per heavy atom. The van der Waals surface area contributed by atoms with Crippen molar-refractivity contribution in [3.63, 3.8) is 0 Å². The summed E-state index contributed by atoms with van der Waals surface area (Å²) in [7, 11) is 0. The topological polar surface area (TPSA) is 59.0 Å². The zero-order valence-corrected chi connectivity index (χ0v) is 10.8. The highest BCUT2D eigenvalue weighted by Crippen LogP contribution is 2.30. The van der Waals surface area contributed by atoms with Crippen LogP contribution in [-0.2, 0) is 6.42 Å². The van der Waals surface area contributed by atoms with Gasteiger partial charge in [-0.2, -0.15) is 5.26 Å². The molecule has 0 fully saturated rings. The number of nitrogens with zero attached hydrogens (tertiary/aromatic N) is 1. The fourth-order valence-electron chi connectivity index (χ4n) is 1.81. The average Bonchev–Trinajstić information content (AvgIpc) is 2.43. The lowest BCUT2D eigenvalue weighted by Crippen LogP contribution is -1.95. The summed E-state index contributed by atoms with van der Waals surface area (Å²) in [6, 6.07) is 10.9. The van der Waals surface area contributed by atoms with Crippen molar-refractivity contribution in [1.29, 1.82) is 5.26 Å². The van der Waals surface area contributed by atoms with Crippen molar-refractivity contribution in [2.24, 2.45) is 0 Å². The van der Waals surface area contributed by atoms with Crippen molar-refractivity contribution in [1.82, 2.24) is 0 Å². The zero-order valence-electron chi connectivity index (χ0n) is 10.8. The maximum atomic E-state index is 13.1. The molecule has 0 aliphatic carbocycles. The lowest BCUT2D eigenvalue weighted by molar-refractivity contribution is 0.474. The molecule has 3 nitrogen and oxygen atoms in total. The van der Waals surface area contributed by atoms with E-state index in [1.165, 1.54) is 12.1 Å². The standard InChI is InChI=1S/C16H13FN2O/c1-2-3-11-9-14(19)5-7-15(11)20-16-6-4-13(17)8-12(16)10-18/h2,4-9H,1,3,19H2. The quantitative estimate of drug-likeness (QED) is 0.677. The first-order chi connectivity index (χ1) is 9.63. The van der Waals surface area contributed by atoms with E-state index in [2.05, 4.69) is 6.58 Å². The van der Waals surface area contributed by atoms with Crippen LogP contribution >= 0.6 is 0 Å². The van der Waals surface area contributed by atoms with Crippen LogP contribution in [0.5, 0.6) is 11.5 Å². The van der Waals surface area contributed by atoms with E-state index in [4.69, 9.17) is 15.7 Å². The second-order valence-electron chi connectivity index (χ2n) is 4.21. The summed E-state index contributed by atoms with van der Waals surface area (Å²) in [6.45, 7) is 3.68. The summed E-state index contributed by atoms with van der Waals surface area (Å²) < 4.78 is 18.8. The monoisotopic (exact) mass is 268 g/mol. The van der Waals surface area contributed by atoms with Crippen molar-refractivity contribution >= 4 is 5.69 Å². The molecular formula is C16H13FN2O. The highest BCUT2D eigenvalue weighted by atomic mass is 19.1. The van der Waals surface area contributed by atoms with Gasteiger partial charge in [0.25, 0.3) is 0 Å². The van der Waals surface area contributed by atoms with Crippen molar-refractivity contribution in [2.75, 3.05) is 5.73 Å². The van der Waals surface area contributed by atoms with Gasteiger partial charge in [-0.1, -0.05) is 6.08 Å². The number of allylic oxidation sites excluding steroid dienone is 1. The molecule has 0 radical (unpaired) electrons. The van der Waals surface area contributed by atoms with Gasteiger partial charge in [-0.15, -0.1) is 6.58 Å². The second kappa shape index (κ2) is 5.89. The van der Waals surface area contributed by atoms with Crippen molar-refractivity contribution < 1.29 is 9.13 Å². The molecule has 0 saturated heterocycles. The molecule has 0 aromatic heterocycles. The minimum absolute atomic E-state index is 0.145. The van der Waals surface area contributed by atoms with Crippen LogP contribution < -0.4 is 10.5 Å². The summed E-state index contributed by atoms with van der Waals surface area (Å²) >= 11 is 0. The maximum Gasteiger partial charge on any atom is 0.145 e. The van der Waals surface area contributed by atoms with Gasteiger partial charge >= 0.3 is 0 Å². The second-order valence-corrected chi connectivity index (χ2v) is 4.21. The van der Waals surface area contributed by atoms with Gasteiger partial charge in [-0.05, 0) is 42.8 Å². The number of rotatable bonds is 4. The smallest absolute Gasteiger partial charge is 0.145 e. The molecule has 0 aliphatic rings. The number of benzene rings is 2. The molecule has 2 rings (SSSR count). The van der Waals surface area contributed by atoms with Gasteiger partial charge in [-0.3, -0.25) is 0 Å². The van der Waals surface area contributed by atoms with Gasteiger partial charge in [-0.25, -0.2) is 4.39 Å². The third-order valence-electron chi connectivity index (χ3n) is 2.73. The Hall–Kier alpha value is -2.80. The van der Waals surface area contributed by atoms with Crippen LogP contribution in [0.25, 0.3) is 0 Å². The number of nitrogen functional groups attached to an aromatic ring is 1. The molecule has 2 N–H and O–H groups in total. The minimum atomic E-state index is -0.475. The number of halogens is 1. The Balaban J connectivity index is 2.40. The highest BCUT2D eigenvalue weighted by molar-refractivity contribution is 5.52. The lowest BCUT2D eigenvalue weighted by Gasteiger charge is -2.12. The van der Waals surface area contributed by atoms with Gasteiger partial charge in [0.05, 0.1) is 5.56 Å². The first kappa shape index (κ1) is 13.6. The molecule has 0 aliphatic heterocycles. The molecule has 0 atom stereocenters. The maximum absolute atomic E-state index is 13.1. The predicted molar refractivity (Wildman–Crippen MR) is 75.9 cm³/mol. The fourth-order valence-corrected chi connectivity index (χ4v) is 1.81. The van der Waals surface area contributed by atoms with E-state index in [0.717, 1.165) is 11.6 Å². The van der Waals surface area contributed by atoms with Crippen LogP contribution in [0.2, 0.25) is 0 Å². The molecular weight excluding hydrogens is 255 g/mol. The van der Waals surface area contributed by atoms with Gasteiger partial charge in [0.2, 0.25) is 0 Å². The van der Waals surface area contributed by atoms with E-state index in [1.54, 1.807) is 24.3 Å². The molecule has 0 saturated carbocycles. The summed E-state index contributed by atoms with van der Waals surface area (Å²) in [6.07, 6.45) is 2.32. The Morgan fingerprint density at radius 2 is 2.00 bits per heavy atom. The lowest BCUT2D eigenvalue weighted by atomic mass is 10.1. The summed E-state index contributed by atoms with van der Waals surface area (Å²) in [5.74, 6) is 0.406. The summed E-state index contributed by atoms with van der Waals surface area (Å²) in [5, 5.41) is 9.00. The number of ether oxygens (including phenoxy) is 1. The number of hydrogen-bond donors (Lipinski definition) is 1. The zero-order chi connectivity index (χ0) is 14.5. The normalized spacial score (nSPS) is 9.80. The van der Waals surface area contributed by atoms with Gasteiger partial charge in [0.1, 0.15) is 23.4 Å². The molecule has 2 aromatic rings. The number of hydrogen-bond acceptors (Lipinski definition) is 3. The van der Waals surface area contributed by atoms with Crippen molar-refractivity contribution in [3.8, 4) is 17.6 Å². The number of nitrogens with two attached hydrogens (primary N) is 1. The summed E-state index contributed by atoms with van der Waals surface area (Å²) in [5.41, 5.74) is 7.35. The number of anilines is 1. The van der Waals surface area contributed by atoms with Crippen molar-refractivity contribution in [3.05, 3.63) is 66.0 Å². The minimum Gasteiger partial charge on any atom is -0.456 e. The van der Waals surface area contributed by atoms with E-state index >= 15 is 0 Å². The Morgan fingerprint density at radius 3 is 2.70 bits per heavy atom. The molecule has 0 spiro atoms. The predicted octanol–water partition coefficient (Wildman–Crippen LogP) is 3.80. The van der Waals surface area contributed by atoms with Crippen LogP contribution in [0.4, 0.5) is 10.1 Å². The van der Waals surface area contributed by atoms with Crippen LogP contribution in [-0.4, -0.2) is 0 Å². The molecule has 0 amide bonds. The fraction of sp³-hybridized carbons (Fsp3) is 0.0625. The van der Waals surface area contributed by atoms with E-state index in [-0.39, 0.29) is 5.56 Å². The van der Waals surface area contributed by atoms with E-state index < -0.39 is 5.82 Å². The van der Waals surface area contributed by atoms with E-state index in [1.807, 2.05) is 6.07 Å². The van der Waals surface area contributed by atoms with Crippen LogP contribution in [0, 0.1) is 17.1 Å². The highest BCUT2D eigenvalue weighted by Gasteiger charge is 2.09. The molecule has 0 heterocycles. The molecule has 20 heavy (non-hydrogen) atoms. The Kier molecular flexibility index (Phi) is 4.02. The number of nitriles is 1. The van der Waals surface area contributed by atoms with Gasteiger partial charge in [0.15, 0.2) is 0 Å². The van der Waals surface area contributed by atoms with Crippen molar-refractivity contribution in [2.45, 2.75) is 6.42 Å². The SMILES string of the molecule is C=CCc1cc(N)ccc1Oc1ccc(F)cc1C#N. The first-order valence-electron chi connectivity index (χ1n) is 6.01. The third kappa shape index (κ3) is 2.96. The van der Waals surface area contributed by atoms with Crippen LogP contribution in [0.3, 0.4) is 0 Å². The molecule has 0 unspecified atom stereocenters. The first-order valence-corrected chi connectivity index (χ1v) is 6.01. The van der Waals surface area contributed by atoms with E-state index in [9.17, 15) is 4.39 Å². The Bertz CT molecular complexity index is 689. The van der Waals surface area contributed by atoms with Gasteiger partial charge in [0, 0.05) is 11.3 Å². The van der Waals surface area contributed by atoms with E-state index in [0.29, 0.717) is 23.6 Å². The van der Waals surface area contributed by atoms with Gasteiger partial charge < -0.3 is 10.5 Å². The van der Waals surface area contributed by atoms with Crippen LogP contribution in [0.15, 0.2) is 49.1 Å². The third-order valence-corrected chi connectivity index (χ3v) is 2.73. The average molecular weight is 268 g/mol. The van der Waals surface area contributed by atoms with Crippen LogP contribution in [0.1, 0.15) is 11.1 Å².